The highest BCUT2D eigenvalue weighted by atomic mass is 32.2. The topological polar surface area (TPSA) is 121 Å². The predicted molar refractivity (Wildman–Crippen MR) is 136 cm³/mol. The van der Waals surface area contributed by atoms with Crippen LogP contribution in [0, 0.1) is 6.92 Å². The van der Waals surface area contributed by atoms with Crippen molar-refractivity contribution in [3.05, 3.63) is 65.7 Å². The van der Waals surface area contributed by atoms with E-state index in [9.17, 15) is 8.42 Å². The molecule has 0 amide bonds. The molecule has 35 heavy (non-hydrogen) atoms. The van der Waals surface area contributed by atoms with E-state index in [0.29, 0.717) is 35.9 Å². The second-order valence-electron chi connectivity index (χ2n) is 9.07. The van der Waals surface area contributed by atoms with E-state index in [1.165, 1.54) is 0 Å². The van der Waals surface area contributed by atoms with Crippen molar-refractivity contribution in [3.63, 3.8) is 0 Å². The van der Waals surface area contributed by atoms with E-state index in [-0.39, 0.29) is 0 Å². The summed E-state index contributed by atoms with van der Waals surface area (Å²) >= 11 is 0. The Hall–Kier alpha value is -3.34. The van der Waals surface area contributed by atoms with Crippen LogP contribution in [0.5, 0.6) is 0 Å². The Morgan fingerprint density at radius 3 is 2.43 bits per heavy atom. The SMILES string of the molecule is Cc1cc(N)nc(CCc2nc3ncc(-c4ccc(S(=O)(=O)N5CCN(C)CC5)cc4)cc3[nH]2)c1. The van der Waals surface area contributed by atoms with Crippen molar-refractivity contribution in [2.24, 2.45) is 0 Å². The highest BCUT2D eigenvalue weighted by molar-refractivity contribution is 7.89. The maximum Gasteiger partial charge on any atom is 0.243 e. The van der Waals surface area contributed by atoms with Gasteiger partial charge in [-0.25, -0.2) is 23.4 Å². The number of aromatic nitrogens is 4. The van der Waals surface area contributed by atoms with Gasteiger partial charge in [0.25, 0.3) is 0 Å². The molecule has 9 nitrogen and oxygen atoms in total. The minimum Gasteiger partial charge on any atom is -0.384 e. The predicted octanol–water partition coefficient (Wildman–Crippen LogP) is 2.63. The van der Waals surface area contributed by atoms with Crippen molar-refractivity contribution in [1.29, 1.82) is 0 Å². The number of aromatic amines is 1. The fourth-order valence-electron chi connectivity index (χ4n) is 4.37. The summed E-state index contributed by atoms with van der Waals surface area (Å²) in [4.78, 5) is 19.3. The van der Waals surface area contributed by atoms with Crippen LogP contribution in [0.1, 0.15) is 17.1 Å². The van der Waals surface area contributed by atoms with Gasteiger partial charge in [0.15, 0.2) is 5.65 Å². The van der Waals surface area contributed by atoms with Crippen LogP contribution in [0.25, 0.3) is 22.3 Å². The summed E-state index contributed by atoms with van der Waals surface area (Å²) in [7, 11) is -1.48. The first-order chi connectivity index (χ1) is 16.8. The van der Waals surface area contributed by atoms with E-state index in [0.717, 1.165) is 53.2 Å². The summed E-state index contributed by atoms with van der Waals surface area (Å²) in [6, 6.07) is 12.9. The zero-order chi connectivity index (χ0) is 24.6. The number of pyridine rings is 2. The average molecular weight is 492 g/mol. The fourth-order valence-corrected chi connectivity index (χ4v) is 5.79. The Balaban J connectivity index is 1.32. The number of benzene rings is 1. The second kappa shape index (κ2) is 9.37. The molecule has 10 heteroatoms. The van der Waals surface area contributed by atoms with Crippen LogP contribution >= 0.6 is 0 Å². The number of nitrogens with one attached hydrogen (secondary N) is 1. The van der Waals surface area contributed by atoms with Gasteiger partial charge < -0.3 is 15.6 Å². The number of sulfonamides is 1. The number of hydrogen-bond donors (Lipinski definition) is 2. The van der Waals surface area contributed by atoms with E-state index in [1.807, 2.05) is 44.3 Å². The number of imidazole rings is 1. The maximum atomic E-state index is 13.0. The first kappa shape index (κ1) is 23.4. The first-order valence-electron chi connectivity index (χ1n) is 11.6. The first-order valence-corrected chi connectivity index (χ1v) is 13.1. The quantitative estimate of drug-likeness (QED) is 0.425. The second-order valence-corrected chi connectivity index (χ2v) is 11.0. The lowest BCUT2D eigenvalue weighted by Crippen LogP contribution is -2.46. The van der Waals surface area contributed by atoms with E-state index in [2.05, 4.69) is 24.8 Å². The fraction of sp³-hybridized carbons (Fsp3) is 0.320. The number of piperazine rings is 1. The van der Waals surface area contributed by atoms with Gasteiger partial charge in [0.2, 0.25) is 10.0 Å². The molecule has 0 spiro atoms. The largest absolute Gasteiger partial charge is 0.384 e. The van der Waals surface area contributed by atoms with Crippen LogP contribution in [-0.2, 0) is 22.9 Å². The highest BCUT2D eigenvalue weighted by Gasteiger charge is 2.27. The monoisotopic (exact) mass is 491 g/mol. The third kappa shape index (κ3) is 5.04. The van der Waals surface area contributed by atoms with E-state index >= 15 is 0 Å². The van der Waals surface area contributed by atoms with Crippen molar-refractivity contribution in [2.45, 2.75) is 24.7 Å². The lowest BCUT2D eigenvalue weighted by Gasteiger charge is -2.31. The Bertz CT molecular complexity index is 1440. The van der Waals surface area contributed by atoms with Crippen molar-refractivity contribution in [2.75, 3.05) is 39.0 Å². The Kier molecular flexibility index (Phi) is 6.26. The molecule has 3 N–H and O–H groups in total. The zero-order valence-electron chi connectivity index (χ0n) is 19.9. The molecule has 1 aromatic carbocycles. The van der Waals surface area contributed by atoms with Gasteiger partial charge in [-0.05, 0) is 61.9 Å². The number of likely N-dealkylation sites (N-methyl/N-ethyl adjacent to an activating group) is 1. The molecule has 3 aromatic heterocycles. The van der Waals surface area contributed by atoms with Crippen LogP contribution in [-0.4, -0.2) is 70.8 Å². The van der Waals surface area contributed by atoms with Gasteiger partial charge in [-0.2, -0.15) is 4.31 Å². The van der Waals surface area contributed by atoms with E-state index < -0.39 is 10.0 Å². The third-order valence-electron chi connectivity index (χ3n) is 6.33. The lowest BCUT2D eigenvalue weighted by molar-refractivity contribution is 0.222. The summed E-state index contributed by atoms with van der Waals surface area (Å²) < 4.78 is 27.5. The molecule has 0 atom stereocenters. The van der Waals surface area contributed by atoms with Crippen LogP contribution in [0.15, 0.2) is 53.6 Å². The summed E-state index contributed by atoms with van der Waals surface area (Å²) in [5, 5.41) is 0. The molecule has 0 saturated carbocycles. The number of nitrogen functional groups attached to an aromatic ring is 1. The molecule has 1 aliphatic rings. The highest BCUT2D eigenvalue weighted by Crippen LogP contribution is 2.25. The molecule has 0 aliphatic carbocycles. The maximum absolute atomic E-state index is 13.0. The van der Waals surface area contributed by atoms with E-state index in [4.69, 9.17) is 5.73 Å². The van der Waals surface area contributed by atoms with Crippen LogP contribution in [0.4, 0.5) is 5.82 Å². The molecular formula is C25H29N7O2S. The number of aryl methyl sites for hydroxylation is 3. The number of hydrogen-bond acceptors (Lipinski definition) is 7. The molecule has 1 saturated heterocycles. The van der Waals surface area contributed by atoms with Crippen molar-refractivity contribution in [3.8, 4) is 11.1 Å². The third-order valence-corrected chi connectivity index (χ3v) is 8.25. The van der Waals surface area contributed by atoms with E-state index in [1.54, 1.807) is 22.6 Å². The van der Waals surface area contributed by atoms with Crippen LogP contribution < -0.4 is 5.73 Å². The van der Waals surface area contributed by atoms with Crippen molar-refractivity contribution >= 4 is 27.0 Å². The molecule has 5 rings (SSSR count). The number of rotatable bonds is 6. The number of nitrogens with two attached hydrogens (primary N) is 1. The standard InChI is InChI=1S/C25H29N7O2S/c1-17-13-20(28-23(26)14-17)5-8-24-29-22-15-19(16-27-25(22)30-24)18-3-6-21(7-4-18)35(33,34)32-11-9-31(2)10-12-32/h3-4,6-7,13-16H,5,8-12H2,1-2H3,(H2,26,28)(H,27,29,30). The van der Waals surface area contributed by atoms with Crippen molar-refractivity contribution in [1.82, 2.24) is 29.1 Å². The van der Waals surface area contributed by atoms with Gasteiger partial charge in [0, 0.05) is 50.1 Å². The molecule has 0 radical (unpaired) electrons. The Morgan fingerprint density at radius 1 is 0.971 bits per heavy atom. The van der Waals surface area contributed by atoms with Crippen molar-refractivity contribution < 1.29 is 8.42 Å². The molecule has 182 valence electrons. The minimum absolute atomic E-state index is 0.314. The molecule has 1 aliphatic heterocycles. The Morgan fingerprint density at radius 2 is 1.71 bits per heavy atom. The number of H-pyrrole nitrogens is 1. The van der Waals surface area contributed by atoms with Crippen LogP contribution in [0.3, 0.4) is 0 Å². The average Bonchev–Trinajstić information content (AvgIpc) is 3.25. The van der Waals surface area contributed by atoms with Gasteiger partial charge in [0.1, 0.15) is 11.6 Å². The van der Waals surface area contributed by atoms with Gasteiger partial charge in [0.05, 0.1) is 10.4 Å². The molecule has 4 aromatic rings. The lowest BCUT2D eigenvalue weighted by atomic mass is 10.1. The summed E-state index contributed by atoms with van der Waals surface area (Å²) in [6.45, 7) is 4.51. The normalized spacial score (nSPS) is 15.6. The smallest absolute Gasteiger partial charge is 0.243 e. The van der Waals surface area contributed by atoms with Gasteiger partial charge in [-0.3, -0.25) is 0 Å². The minimum atomic E-state index is -3.49. The summed E-state index contributed by atoms with van der Waals surface area (Å²) in [6.07, 6.45) is 3.18. The Labute approximate surface area is 205 Å². The van der Waals surface area contributed by atoms with Gasteiger partial charge in [-0.1, -0.05) is 12.1 Å². The zero-order valence-corrected chi connectivity index (χ0v) is 20.7. The molecule has 0 unspecified atom stereocenters. The number of fused-ring (bicyclic) bond motifs is 1. The molecule has 1 fully saturated rings. The summed E-state index contributed by atoms with van der Waals surface area (Å²) in [5.41, 5.74) is 11.2. The van der Waals surface area contributed by atoms with Gasteiger partial charge >= 0.3 is 0 Å². The number of anilines is 1. The molecule has 4 heterocycles. The van der Waals surface area contributed by atoms with Gasteiger partial charge in [-0.15, -0.1) is 0 Å². The molecular weight excluding hydrogens is 462 g/mol. The molecule has 0 bridgehead atoms. The number of nitrogens with zero attached hydrogens (tertiary/aromatic N) is 5. The summed E-state index contributed by atoms with van der Waals surface area (Å²) in [5.74, 6) is 1.36. The van der Waals surface area contributed by atoms with Crippen LogP contribution in [0.2, 0.25) is 0 Å².